The van der Waals surface area contributed by atoms with Crippen molar-refractivity contribution in [2.45, 2.75) is 44.1 Å². The van der Waals surface area contributed by atoms with Gasteiger partial charge in [0.15, 0.2) is 0 Å². The second-order valence-corrected chi connectivity index (χ2v) is 11.1. The van der Waals surface area contributed by atoms with E-state index in [0.717, 1.165) is 5.56 Å². The Balaban J connectivity index is 1.42. The molecule has 3 aromatic rings. The minimum Gasteiger partial charge on any atom is -0.495 e. The van der Waals surface area contributed by atoms with E-state index < -0.39 is 30.7 Å². The van der Waals surface area contributed by atoms with Gasteiger partial charge in [-0.1, -0.05) is 25.4 Å². The van der Waals surface area contributed by atoms with Crippen LogP contribution in [0.1, 0.15) is 48.2 Å². The molecule has 1 fully saturated rings. The summed E-state index contributed by atoms with van der Waals surface area (Å²) >= 11 is 6.39. The number of methoxy groups -OCH3 is 1. The molecule has 0 saturated heterocycles. The smallest absolute Gasteiger partial charge is 0.329 e. The van der Waals surface area contributed by atoms with Gasteiger partial charge in [0.05, 0.1) is 34.6 Å². The number of nitrogens with zero attached hydrogens (tertiary/aromatic N) is 4. The number of nitrogens with one attached hydrogen (secondary N) is 2. The number of hydrogen-bond acceptors (Lipinski definition) is 8. The normalized spacial score (nSPS) is 16.7. The van der Waals surface area contributed by atoms with Gasteiger partial charge < -0.3 is 25.0 Å². The van der Waals surface area contributed by atoms with Crippen LogP contribution in [0.3, 0.4) is 0 Å². The Morgan fingerprint density at radius 3 is 2.71 bits per heavy atom. The molecule has 2 N–H and O–H groups in total. The zero-order chi connectivity index (χ0) is 29.5. The predicted molar refractivity (Wildman–Crippen MR) is 152 cm³/mol. The molecule has 0 atom stereocenters. The van der Waals surface area contributed by atoms with Crippen LogP contribution in [0.2, 0.25) is 5.02 Å². The minimum atomic E-state index is -2.76. The third kappa shape index (κ3) is 5.54. The molecule has 1 aliphatic heterocycles. The van der Waals surface area contributed by atoms with Crippen molar-refractivity contribution in [1.29, 1.82) is 5.26 Å². The maximum Gasteiger partial charge on any atom is 0.329 e. The molecule has 1 radical (unpaired) electrons. The number of anilines is 3. The maximum absolute atomic E-state index is 13.2. The fourth-order valence-electron chi connectivity index (χ4n) is 5.20. The van der Waals surface area contributed by atoms with Crippen LogP contribution in [0.5, 0.6) is 5.75 Å². The van der Waals surface area contributed by atoms with Crippen molar-refractivity contribution in [1.82, 2.24) is 15.3 Å². The molecule has 13 heteroatoms. The Morgan fingerprint density at radius 1 is 1.29 bits per heavy atom. The molecule has 2 aliphatic rings. The van der Waals surface area contributed by atoms with Crippen LogP contribution >= 0.6 is 11.6 Å². The van der Waals surface area contributed by atoms with Crippen LogP contribution < -0.4 is 20.2 Å². The summed E-state index contributed by atoms with van der Waals surface area (Å²) in [4.78, 5) is 34.6. The average molecular weight is 578 g/mol. The van der Waals surface area contributed by atoms with Gasteiger partial charge in [-0.15, -0.1) is 0 Å². The topological polar surface area (TPSA) is 120 Å². The van der Waals surface area contributed by atoms with E-state index in [1.165, 1.54) is 26.7 Å². The highest BCUT2D eigenvalue weighted by Crippen LogP contribution is 2.44. The van der Waals surface area contributed by atoms with Crippen molar-refractivity contribution in [3.63, 3.8) is 0 Å². The Morgan fingerprint density at radius 2 is 2.05 bits per heavy atom. The maximum atomic E-state index is 13.2. The van der Waals surface area contributed by atoms with Crippen molar-refractivity contribution < 1.29 is 23.1 Å². The van der Waals surface area contributed by atoms with E-state index in [9.17, 15) is 23.6 Å². The van der Waals surface area contributed by atoms with Crippen LogP contribution in [-0.4, -0.2) is 55.1 Å². The zero-order valence-corrected chi connectivity index (χ0v) is 23.2. The second-order valence-electron chi connectivity index (χ2n) is 10.7. The number of halogens is 3. The molecule has 209 valence electrons. The summed E-state index contributed by atoms with van der Waals surface area (Å²) in [6.07, 6.45) is 1.45. The van der Waals surface area contributed by atoms with Gasteiger partial charge in [0, 0.05) is 48.3 Å². The summed E-state index contributed by atoms with van der Waals surface area (Å²) in [6.45, 7) is 4.64. The van der Waals surface area contributed by atoms with Gasteiger partial charge >= 0.3 is 7.41 Å². The van der Waals surface area contributed by atoms with Gasteiger partial charge in [0.2, 0.25) is 5.95 Å². The van der Waals surface area contributed by atoms with Crippen molar-refractivity contribution >= 4 is 48.4 Å². The molecular weight excluding hydrogens is 553 g/mol. The van der Waals surface area contributed by atoms with Gasteiger partial charge in [0.25, 0.3) is 11.8 Å². The first-order valence-electron chi connectivity index (χ1n) is 12.8. The van der Waals surface area contributed by atoms with Crippen LogP contribution in [0.4, 0.5) is 26.1 Å². The highest BCUT2D eigenvalue weighted by molar-refractivity contribution is 6.70. The Labute approximate surface area is 241 Å². The summed E-state index contributed by atoms with van der Waals surface area (Å²) in [7, 11) is 2.85. The fourth-order valence-corrected chi connectivity index (χ4v) is 5.45. The first kappa shape index (κ1) is 28.3. The number of fused-ring (bicyclic) bond motifs is 1. The number of alkyl halides is 2. The van der Waals surface area contributed by atoms with Gasteiger partial charge in [0.1, 0.15) is 18.0 Å². The van der Waals surface area contributed by atoms with Gasteiger partial charge in [-0.25, -0.2) is 18.7 Å². The second kappa shape index (κ2) is 10.6. The molecular formula is C28H25BClF2N6O3. The standard InChI is InChI=1S/C28H25BClF2N6O3/c1-27(2)13-38(29-14-39)24-16(12-33)6-15(7-19(24)27)21-4-5-34-26(36-21)37-22-9-20(30)18(8-23(22)41-3)25(40)35-17-10-28(31,32)11-17/h4-9,14,17H,10-11,13H2,1-3H3,(H,35,40)(H,34,36,37). The number of ether oxygens (including phenoxy) is 1. The Hall–Kier alpha value is -4.24. The molecule has 1 saturated carbocycles. The summed E-state index contributed by atoms with van der Waals surface area (Å²) in [6, 6.07) is 9.92. The number of carbonyl (C=O) groups excluding carboxylic acids is 2. The quantitative estimate of drug-likeness (QED) is 0.288. The number of aromatic nitrogens is 2. The average Bonchev–Trinajstić information content (AvgIpc) is 3.17. The number of nitriles is 1. The monoisotopic (exact) mass is 577 g/mol. The van der Waals surface area contributed by atoms with Crippen molar-refractivity contribution in [3.8, 4) is 23.1 Å². The van der Waals surface area contributed by atoms with Crippen molar-refractivity contribution in [2.75, 3.05) is 23.8 Å². The number of amides is 1. The van der Waals surface area contributed by atoms with E-state index in [0.29, 0.717) is 40.9 Å². The van der Waals surface area contributed by atoms with Crippen molar-refractivity contribution in [2.24, 2.45) is 0 Å². The molecule has 1 aliphatic carbocycles. The molecule has 41 heavy (non-hydrogen) atoms. The number of carbonyl (C=O) groups is 2. The van der Waals surface area contributed by atoms with Gasteiger partial charge in [-0.3, -0.25) is 4.79 Å². The molecule has 9 nitrogen and oxygen atoms in total. The first-order chi connectivity index (χ1) is 19.4. The predicted octanol–water partition coefficient (Wildman–Crippen LogP) is 4.86. The Bertz CT molecular complexity index is 1590. The first-order valence-corrected chi connectivity index (χ1v) is 13.1. The Kier molecular flexibility index (Phi) is 7.34. The largest absolute Gasteiger partial charge is 0.495 e. The van der Waals surface area contributed by atoms with E-state index in [2.05, 4.69) is 26.7 Å². The molecule has 1 aromatic heterocycles. The molecule has 0 spiro atoms. The SMILES string of the molecule is COc1cc(C(=O)NC2CC(F)(F)C2)c(Cl)cc1Nc1nccc(-c2cc(C#N)c3c(c2)C(C)(C)CN3[B]C=O)n1. The lowest BCUT2D eigenvalue weighted by Gasteiger charge is -2.35. The van der Waals surface area contributed by atoms with Gasteiger partial charge in [-0.2, -0.15) is 5.26 Å². The van der Waals surface area contributed by atoms with Crippen LogP contribution in [0, 0.1) is 11.3 Å². The lowest BCUT2D eigenvalue weighted by Crippen LogP contribution is -2.50. The summed E-state index contributed by atoms with van der Waals surface area (Å²) in [5.41, 5.74) is 3.45. The van der Waals surface area contributed by atoms with E-state index in [4.69, 9.17) is 16.3 Å². The summed E-state index contributed by atoms with van der Waals surface area (Å²) in [5, 5.41) is 15.6. The van der Waals surface area contributed by atoms with Crippen LogP contribution in [-0.2, 0) is 10.2 Å². The van der Waals surface area contributed by atoms with E-state index in [-0.39, 0.29) is 27.7 Å². The van der Waals surface area contributed by atoms with E-state index in [1.54, 1.807) is 23.1 Å². The van der Waals surface area contributed by atoms with E-state index in [1.807, 2.05) is 19.9 Å². The third-order valence-corrected chi connectivity index (χ3v) is 7.52. The summed E-state index contributed by atoms with van der Waals surface area (Å²) in [5.74, 6) is -2.86. The molecule has 0 bridgehead atoms. The summed E-state index contributed by atoms with van der Waals surface area (Å²) < 4.78 is 31.8. The fraction of sp³-hybridized carbons (Fsp3) is 0.321. The van der Waals surface area contributed by atoms with Crippen LogP contribution in [0.15, 0.2) is 36.5 Å². The van der Waals surface area contributed by atoms with Crippen molar-refractivity contribution in [3.05, 3.63) is 58.2 Å². The molecule has 2 heterocycles. The molecule has 2 aromatic carbocycles. The zero-order valence-electron chi connectivity index (χ0n) is 22.5. The number of benzene rings is 2. The van der Waals surface area contributed by atoms with E-state index >= 15 is 0 Å². The number of rotatable bonds is 8. The van der Waals surface area contributed by atoms with Gasteiger partial charge in [-0.05, 0) is 35.9 Å². The molecule has 5 rings (SSSR count). The lowest BCUT2D eigenvalue weighted by molar-refractivity contribution is -0.0901. The highest BCUT2D eigenvalue weighted by atomic mass is 35.5. The molecule has 1 amide bonds. The minimum absolute atomic E-state index is 0.0873. The lowest BCUT2D eigenvalue weighted by atomic mass is 9.84. The third-order valence-electron chi connectivity index (χ3n) is 7.21. The highest BCUT2D eigenvalue weighted by Gasteiger charge is 2.46. The van der Waals surface area contributed by atoms with Crippen LogP contribution in [0.25, 0.3) is 11.3 Å². The molecule has 0 unspecified atom stereocenters. The number of hydrogen-bond donors (Lipinski definition) is 2.